The Hall–Kier alpha value is -2.83. The topological polar surface area (TPSA) is 114 Å². The van der Waals surface area contributed by atoms with Gasteiger partial charge in [-0.05, 0) is 30.7 Å². The number of fused-ring (bicyclic) bond motifs is 3. The highest BCUT2D eigenvalue weighted by molar-refractivity contribution is 7.18. The molecule has 172 valence electrons. The maximum absolute atomic E-state index is 12.7. The third-order valence-corrected chi connectivity index (χ3v) is 5.94. The van der Waals surface area contributed by atoms with Crippen LogP contribution in [0.2, 0.25) is 5.02 Å². The number of aliphatic carboxylic acids is 1. The lowest BCUT2D eigenvalue weighted by Gasteiger charge is -2.12. The van der Waals surface area contributed by atoms with Gasteiger partial charge in [-0.15, -0.1) is 11.3 Å². The molecule has 1 aliphatic heterocycles. The van der Waals surface area contributed by atoms with Crippen LogP contribution in [0.4, 0.5) is 13.2 Å². The number of thiophene rings is 1. The van der Waals surface area contributed by atoms with E-state index >= 15 is 0 Å². The third-order valence-electron chi connectivity index (χ3n) is 4.53. The first-order valence-corrected chi connectivity index (χ1v) is 10.2. The number of nitrogens with zero attached hydrogens (tertiary/aromatic N) is 1. The van der Waals surface area contributed by atoms with E-state index in [1.54, 1.807) is 23.5 Å². The van der Waals surface area contributed by atoms with Gasteiger partial charge in [-0.3, -0.25) is 4.79 Å². The highest BCUT2D eigenvalue weighted by Gasteiger charge is 2.38. The number of hydrogen-bond donors (Lipinski definition) is 3. The van der Waals surface area contributed by atoms with E-state index in [4.69, 9.17) is 31.0 Å². The second-order valence-electron chi connectivity index (χ2n) is 6.52. The predicted octanol–water partition coefficient (Wildman–Crippen LogP) is 3.60. The van der Waals surface area contributed by atoms with Crippen LogP contribution in [0.25, 0.3) is 21.6 Å². The lowest BCUT2D eigenvalue weighted by atomic mass is 10.1. The monoisotopic (exact) mass is 491 g/mol. The minimum absolute atomic E-state index is 0.120. The molecule has 0 unspecified atom stereocenters. The minimum Gasteiger partial charge on any atom is -0.493 e. The number of ether oxygens (including phenoxy) is 2. The number of carboxylic acids is 1. The first kappa shape index (κ1) is 23.8. The number of aromatic amines is 1. The van der Waals surface area contributed by atoms with Crippen molar-refractivity contribution < 1.29 is 32.5 Å². The van der Waals surface area contributed by atoms with Crippen LogP contribution in [0.3, 0.4) is 0 Å². The highest BCUT2D eigenvalue weighted by Crippen LogP contribution is 2.39. The molecule has 13 heteroatoms. The summed E-state index contributed by atoms with van der Waals surface area (Å²) in [6.07, 6.45) is -4.23. The summed E-state index contributed by atoms with van der Waals surface area (Å²) in [7, 11) is 3.07. The van der Waals surface area contributed by atoms with Crippen molar-refractivity contribution in [2.45, 2.75) is 19.1 Å². The van der Waals surface area contributed by atoms with Crippen LogP contribution in [0.5, 0.6) is 11.5 Å². The van der Waals surface area contributed by atoms with E-state index in [0.29, 0.717) is 33.3 Å². The second kappa shape index (κ2) is 9.35. The molecule has 0 saturated carbocycles. The van der Waals surface area contributed by atoms with Gasteiger partial charge in [0.25, 0.3) is 5.56 Å². The number of H-pyrrole nitrogens is 1. The molecule has 1 aromatic carbocycles. The number of hydrogen-bond acceptors (Lipinski definition) is 7. The highest BCUT2D eigenvalue weighted by atomic mass is 35.5. The van der Waals surface area contributed by atoms with Crippen LogP contribution in [0.15, 0.2) is 16.9 Å². The summed E-state index contributed by atoms with van der Waals surface area (Å²) in [5.41, 5.74) is 1.67. The fourth-order valence-electron chi connectivity index (χ4n) is 3.12. The van der Waals surface area contributed by atoms with Gasteiger partial charge in [-0.25, -0.2) is 9.78 Å². The van der Waals surface area contributed by atoms with Crippen molar-refractivity contribution in [2.24, 2.45) is 0 Å². The van der Waals surface area contributed by atoms with Crippen LogP contribution in [-0.2, 0) is 17.8 Å². The summed E-state index contributed by atoms with van der Waals surface area (Å²) in [6, 6.07) is 3.46. The molecule has 0 radical (unpaired) electrons. The molecule has 32 heavy (non-hydrogen) atoms. The van der Waals surface area contributed by atoms with E-state index in [1.807, 2.05) is 0 Å². The lowest BCUT2D eigenvalue weighted by Crippen LogP contribution is -2.23. The van der Waals surface area contributed by atoms with Crippen molar-refractivity contribution >= 4 is 39.1 Å². The Balaban J connectivity index is 0.000000360. The minimum atomic E-state index is -5.08. The summed E-state index contributed by atoms with van der Waals surface area (Å²) in [5, 5.41) is 11.6. The van der Waals surface area contributed by atoms with Gasteiger partial charge >= 0.3 is 12.1 Å². The Kier molecular flexibility index (Phi) is 6.96. The molecule has 8 nitrogen and oxygen atoms in total. The fourth-order valence-corrected chi connectivity index (χ4v) is 4.60. The van der Waals surface area contributed by atoms with Crippen LogP contribution in [0.1, 0.15) is 10.4 Å². The average Bonchev–Trinajstić information content (AvgIpc) is 3.11. The van der Waals surface area contributed by atoms with Gasteiger partial charge in [0.2, 0.25) is 0 Å². The normalized spacial score (nSPS) is 13.2. The molecule has 3 heterocycles. The van der Waals surface area contributed by atoms with Gasteiger partial charge < -0.3 is 24.9 Å². The zero-order chi connectivity index (χ0) is 23.6. The average molecular weight is 492 g/mol. The Morgan fingerprint density at radius 1 is 1.28 bits per heavy atom. The Morgan fingerprint density at radius 2 is 1.97 bits per heavy atom. The quantitative estimate of drug-likeness (QED) is 0.513. The summed E-state index contributed by atoms with van der Waals surface area (Å²) in [6.45, 7) is 1.67. The number of nitrogens with one attached hydrogen (secondary N) is 2. The van der Waals surface area contributed by atoms with Crippen LogP contribution < -0.4 is 20.3 Å². The molecule has 0 spiro atoms. The molecule has 3 N–H and O–H groups in total. The molecule has 1 aliphatic rings. The zero-order valence-corrected chi connectivity index (χ0v) is 18.3. The molecular weight excluding hydrogens is 475 g/mol. The van der Waals surface area contributed by atoms with Gasteiger partial charge in [0.15, 0.2) is 11.5 Å². The Labute approximate surface area is 187 Å². The number of aromatic nitrogens is 2. The van der Waals surface area contributed by atoms with Crippen molar-refractivity contribution in [3.63, 3.8) is 0 Å². The fraction of sp³-hybridized carbons (Fsp3) is 0.316. The summed E-state index contributed by atoms with van der Waals surface area (Å²) < 4.78 is 42.3. The zero-order valence-electron chi connectivity index (χ0n) is 16.7. The first-order valence-electron chi connectivity index (χ1n) is 9.04. The SMILES string of the molecule is COc1cc(-c2nc3sc4c(c3c(=O)[nH]2)CCNC4)cc(Cl)c1OC.O=C(O)C(F)(F)F. The van der Waals surface area contributed by atoms with Crippen molar-refractivity contribution in [1.82, 2.24) is 15.3 Å². The molecule has 0 aliphatic carbocycles. The van der Waals surface area contributed by atoms with Gasteiger partial charge in [-0.2, -0.15) is 13.2 Å². The lowest BCUT2D eigenvalue weighted by molar-refractivity contribution is -0.192. The van der Waals surface area contributed by atoms with Crippen LogP contribution in [-0.4, -0.2) is 48.0 Å². The van der Waals surface area contributed by atoms with Crippen molar-refractivity contribution in [2.75, 3.05) is 20.8 Å². The van der Waals surface area contributed by atoms with Crippen molar-refractivity contribution in [3.8, 4) is 22.9 Å². The van der Waals surface area contributed by atoms with Gasteiger partial charge in [-0.1, -0.05) is 11.6 Å². The molecule has 0 amide bonds. The Morgan fingerprint density at radius 3 is 2.56 bits per heavy atom. The second-order valence-corrected chi connectivity index (χ2v) is 8.01. The number of rotatable bonds is 3. The van der Waals surface area contributed by atoms with E-state index in [-0.39, 0.29) is 5.56 Å². The molecule has 4 rings (SSSR count). The van der Waals surface area contributed by atoms with Crippen molar-refractivity contribution in [3.05, 3.63) is 37.9 Å². The maximum atomic E-state index is 12.7. The van der Waals surface area contributed by atoms with E-state index in [9.17, 15) is 18.0 Å². The predicted molar refractivity (Wildman–Crippen MR) is 113 cm³/mol. The van der Waals surface area contributed by atoms with E-state index in [0.717, 1.165) is 29.9 Å². The van der Waals surface area contributed by atoms with Gasteiger partial charge in [0.05, 0.1) is 24.6 Å². The number of halogens is 4. The molecule has 2 aromatic heterocycles. The maximum Gasteiger partial charge on any atom is 0.490 e. The molecule has 0 bridgehead atoms. The van der Waals surface area contributed by atoms with E-state index < -0.39 is 12.1 Å². The number of methoxy groups -OCH3 is 2. The molecule has 0 fully saturated rings. The summed E-state index contributed by atoms with van der Waals surface area (Å²) >= 11 is 7.84. The Bertz CT molecular complexity index is 1230. The molecule has 0 saturated heterocycles. The largest absolute Gasteiger partial charge is 0.493 e. The van der Waals surface area contributed by atoms with E-state index in [2.05, 4.69) is 15.3 Å². The molecule has 3 aromatic rings. The van der Waals surface area contributed by atoms with Gasteiger partial charge in [0.1, 0.15) is 10.7 Å². The molecular formula is C19H17ClF3N3O5S. The number of benzene rings is 1. The van der Waals surface area contributed by atoms with Crippen LogP contribution >= 0.6 is 22.9 Å². The smallest absolute Gasteiger partial charge is 0.490 e. The van der Waals surface area contributed by atoms with Crippen molar-refractivity contribution in [1.29, 1.82) is 0 Å². The number of carboxylic acid groups (broad SMARTS) is 1. The number of alkyl halides is 3. The third kappa shape index (κ3) is 4.81. The number of carbonyl (C=O) groups is 1. The molecule has 0 atom stereocenters. The van der Waals surface area contributed by atoms with E-state index in [1.165, 1.54) is 19.1 Å². The van der Waals surface area contributed by atoms with Gasteiger partial charge in [0, 0.05) is 17.0 Å². The summed E-state index contributed by atoms with van der Waals surface area (Å²) in [4.78, 5) is 31.0. The first-order chi connectivity index (χ1) is 15.1. The summed E-state index contributed by atoms with van der Waals surface area (Å²) in [5.74, 6) is -1.35. The van der Waals surface area contributed by atoms with Crippen LogP contribution in [0, 0.1) is 0 Å². The standard InChI is InChI=1S/C17H16ClN3O3S.C2HF3O2/c1-23-11-6-8(5-10(18)14(11)24-2)15-20-16(22)13-9-3-4-19-7-12(9)25-17(13)21-15;3-2(4,5)1(6)7/h5-6,19H,3-4,7H2,1-2H3,(H,20,21,22);(H,6,7).